The van der Waals surface area contributed by atoms with Crippen molar-refractivity contribution in [3.8, 4) is 0 Å². The maximum absolute atomic E-state index is 11.9. The van der Waals surface area contributed by atoms with Crippen LogP contribution in [0.1, 0.15) is 0 Å². The second-order valence-corrected chi connectivity index (χ2v) is 2.55. The molecular weight excluding hydrogens is 212 g/mol. The average Bonchev–Trinajstić information content (AvgIpc) is 1.85. The summed E-state index contributed by atoms with van der Waals surface area (Å²) < 4.78 is 35.7. The van der Waals surface area contributed by atoms with Crippen LogP contribution in [0.3, 0.4) is 0 Å². The number of halogens is 5. The number of alkyl halides is 3. The van der Waals surface area contributed by atoms with E-state index in [1.807, 2.05) is 0 Å². The van der Waals surface area contributed by atoms with E-state index in [0.29, 0.717) is 5.54 Å². The molecule has 68 valence electrons. The molecule has 0 aromatic rings. The van der Waals surface area contributed by atoms with Crippen molar-refractivity contribution in [2.75, 3.05) is 0 Å². The summed E-state index contributed by atoms with van der Waals surface area (Å²) in [5.74, 6) is 0. The highest BCUT2D eigenvalue weighted by Gasteiger charge is 2.31. The monoisotopic (exact) mass is 216 g/mol. The topological polar surface area (TPSA) is 0 Å². The Morgan fingerprint density at radius 2 is 1.75 bits per heavy atom. The molecule has 0 aromatic carbocycles. The maximum atomic E-state index is 11.9. The van der Waals surface area contributed by atoms with Gasteiger partial charge >= 0.3 is 6.18 Å². The molecule has 0 saturated carbocycles. The van der Waals surface area contributed by atoms with Gasteiger partial charge in [-0.3, -0.25) is 0 Å². The number of allylic oxidation sites excluding steroid dienone is 4. The van der Waals surface area contributed by atoms with Crippen molar-refractivity contribution in [3.05, 3.63) is 34.9 Å². The van der Waals surface area contributed by atoms with E-state index in [9.17, 15) is 13.2 Å². The van der Waals surface area contributed by atoms with Crippen molar-refractivity contribution in [2.45, 2.75) is 6.18 Å². The van der Waals surface area contributed by atoms with Gasteiger partial charge in [-0.25, -0.2) is 0 Å². The molecule has 0 aromatic heterocycles. The minimum absolute atomic E-state index is 0.00951. The Balaban J connectivity index is 4.53. The summed E-state index contributed by atoms with van der Waals surface area (Å²) in [7, 11) is 0. The van der Waals surface area contributed by atoms with Gasteiger partial charge in [-0.1, -0.05) is 29.8 Å². The van der Waals surface area contributed by atoms with E-state index in [4.69, 9.17) is 23.2 Å². The van der Waals surface area contributed by atoms with E-state index in [0.717, 1.165) is 12.2 Å². The zero-order valence-corrected chi connectivity index (χ0v) is 7.34. The summed E-state index contributed by atoms with van der Waals surface area (Å²) in [6.45, 7) is 3.18. The molecule has 0 heterocycles. The lowest BCUT2D eigenvalue weighted by Gasteiger charge is -2.04. The normalized spacial score (nSPS) is 13.9. The summed E-state index contributed by atoms with van der Waals surface area (Å²) in [5, 5.41) is 0.00951. The van der Waals surface area contributed by atoms with Gasteiger partial charge in [0.05, 0.1) is 5.57 Å². The van der Waals surface area contributed by atoms with Gasteiger partial charge in [0.25, 0.3) is 0 Å². The standard InChI is InChI=1S/C7H5Cl2F3/c1-5(9)2-3-6(4-8)7(10,11)12/h2-4H,1H2/b3-2-,6-4-. The molecule has 0 bridgehead atoms. The first kappa shape index (κ1) is 11.6. The van der Waals surface area contributed by atoms with Gasteiger partial charge in [-0.2, -0.15) is 13.2 Å². The van der Waals surface area contributed by atoms with Crippen LogP contribution in [-0.4, -0.2) is 6.18 Å². The molecule has 0 aliphatic heterocycles. The van der Waals surface area contributed by atoms with Crippen molar-refractivity contribution in [1.29, 1.82) is 0 Å². The van der Waals surface area contributed by atoms with E-state index in [-0.39, 0.29) is 5.03 Å². The summed E-state index contributed by atoms with van der Waals surface area (Å²) in [6, 6.07) is 0. The van der Waals surface area contributed by atoms with Crippen LogP contribution in [0.15, 0.2) is 34.9 Å². The van der Waals surface area contributed by atoms with Gasteiger partial charge in [0, 0.05) is 10.6 Å². The number of hydrogen-bond donors (Lipinski definition) is 0. The largest absolute Gasteiger partial charge is 0.417 e. The van der Waals surface area contributed by atoms with Crippen LogP contribution in [0.5, 0.6) is 0 Å². The molecule has 0 fully saturated rings. The lowest BCUT2D eigenvalue weighted by Crippen LogP contribution is -2.09. The molecule has 0 aliphatic carbocycles. The van der Waals surface area contributed by atoms with Gasteiger partial charge in [0.15, 0.2) is 0 Å². The van der Waals surface area contributed by atoms with E-state index < -0.39 is 11.7 Å². The molecule has 12 heavy (non-hydrogen) atoms. The Kier molecular flexibility index (Phi) is 4.42. The van der Waals surface area contributed by atoms with E-state index in [1.54, 1.807) is 0 Å². The smallest absolute Gasteiger partial charge is 0.166 e. The first-order valence-electron chi connectivity index (χ1n) is 2.78. The molecule has 0 rings (SSSR count). The highest BCUT2D eigenvalue weighted by atomic mass is 35.5. The fraction of sp³-hybridized carbons (Fsp3) is 0.143. The van der Waals surface area contributed by atoms with Crippen molar-refractivity contribution in [2.24, 2.45) is 0 Å². The molecule has 0 unspecified atom stereocenters. The van der Waals surface area contributed by atoms with Crippen molar-refractivity contribution in [3.63, 3.8) is 0 Å². The fourth-order valence-corrected chi connectivity index (χ4v) is 0.632. The summed E-state index contributed by atoms with van der Waals surface area (Å²) in [5.41, 5.74) is -0.526. The zero-order chi connectivity index (χ0) is 9.78. The molecule has 0 atom stereocenters. The molecule has 5 heteroatoms. The predicted molar refractivity (Wildman–Crippen MR) is 44.1 cm³/mol. The number of hydrogen-bond acceptors (Lipinski definition) is 0. The minimum atomic E-state index is -4.45. The van der Waals surface area contributed by atoms with Crippen LogP contribution in [0.25, 0.3) is 0 Å². The SMILES string of the molecule is C=C(Cl)/C=C\C(=C\Cl)C(F)(F)F. The molecule has 0 radical (unpaired) electrons. The zero-order valence-electron chi connectivity index (χ0n) is 5.83. The van der Waals surface area contributed by atoms with Crippen molar-refractivity contribution in [1.82, 2.24) is 0 Å². The van der Waals surface area contributed by atoms with E-state index in [1.165, 1.54) is 0 Å². The number of rotatable bonds is 2. The molecular formula is C7H5Cl2F3. The summed E-state index contributed by atoms with van der Waals surface area (Å²) >= 11 is 10.1. The Morgan fingerprint density at radius 3 is 2.00 bits per heavy atom. The van der Waals surface area contributed by atoms with Crippen LogP contribution in [0, 0.1) is 0 Å². The third-order valence-corrected chi connectivity index (χ3v) is 1.25. The minimum Gasteiger partial charge on any atom is -0.166 e. The molecule has 0 amide bonds. The quantitative estimate of drug-likeness (QED) is 0.613. The van der Waals surface area contributed by atoms with Gasteiger partial charge in [-0.15, -0.1) is 0 Å². The predicted octanol–water partition coefficient (Wildman–Crippen LogP) is 3.98. The lowest BCUT2D eigenvalue weighted by atomic mass is 10.2. The van der Waals surface area contributed by atoms with Crippen LogP contribution >= 0.6 is 23.2 Å². The van der Waals surface area contributed by atoms with Crippen molar-refractivity contribution < 1.29 is 13.2 Å². The first-order valence-corrected chi connectivity index (χ1v) is 3.59. The molecule has 0 nitrogen and oxygen atoms in total. The molecule has 0 spiro atoms. The fourth-order valence-electron chi connectivity index (χ4n) is 0.373. The third-order valence-electron chi connectivity index (χ3n) is 0.889. The van der Waals surface area contributed by atoms with Crippen LogP contribution < -0.4 is 0 Å². The van der Waals surface area contributed by atoms with Crippen molar-refractivity contribution >= 4 is 23.2 Å². The lowest BCUT2D eigenvalue weighted by molar-refractivity contribution is -0.0880. The molecule has 0 saturated heterocycles. The van der Waals surface area contributed by atoms with Gasteiger partial charge in [-0.05, 0) is 12.2 Å². The van der Waals surface area contributed by atoms with Crippen LogP contribution in [0.2, 0.25) is 0 Å². The van der Waals surface area contributed by atoms with Gasteiger partial charge in [0.1, 0.15) is 0 Å². The highest BCUT2D eigenvalue weighted by Crippen LogP contribution is 2.27. The molecule has 0 N–H and O–H groups in total. The van der Waals surface area contributed by atoms with E-state index in [2.05, 4.69) is 6.58 Å². The van der Waals surface area contributed by atoms with Gasteiger partial charge in [0.2, 0.25) is 0 Å². The Morgan fingerprint density at radius 1 is 1.25 bits per heavy atom. The summed E-state index contributed by atoms with van der Waals surface area (Å²) in [6.07, 6.45) is -2.68. The Bertz CT molecular complexity index is 225. The van der Waals surface area contributed by atoms with Crippen LogP contribution in [-0.2, 0) is 0 Å². The second-order valence-electron chi connectivity index (χ2n) is 1.84. The van der Waals surface area contributed by atoms with E-state index >= 15 is 0 Å². The van der Waals surface area contributed by atoms with Gasteiger partial charge < -0.3 is 0 Å². The summed E-state index contributed by atoms with van der Waals surface area (Å²) in [4.78, 5) is 0. The Hall–Kier alpha value is -0.410. The second kappa shape index (κ2) is 4.58. The third kappa shape index (κ3) is 4.46. The highest BCUT2D eigenvalue weighted by molar-refractivity contribution is 6.30. The molecule has 0 aliphatic rings. The Labute approximate surface area is 78.0 Å². The average molecular weight is 217 g/mol. The first-order chi connectivity index (χ1) is 5.38. The van der Waals surface area contributed by atoms with Crippen LogP contribution in [0.4, 0.5) is 13.2 Å². The maximum Gasteiger partial charge on any atom is 0.417 e.